The van der Waals surface area contributed by atoms with E-state index in [2.05, 4.69) is 10.2 Å². The first-order chi connectivity index (χ1) is 11.6. The van der Waals surface area contributed by atoms with Crippen LogP contribution in [-0.4, -0.2) is 45.3 Å². The van der Waals surface area contributed by atoms with Crippen molar-refractivity contribution in [3.05, 3.63) is 42.2 Å². The maximum atomic E-state index is 12.8. The van der Waals surface area contributed by atoms with Gasteiger partial charge in [-0.2, -0.15) is 0 Å². The molecule has 1 aromatic carbocycles. The average Bonchev–Trinajstić information content (AvgIpc) is 3.03. The van der Waals surface area contributed by atoms with Crippen molar-refractivity contribution in [2.45, 2.75) is 25.2 Å². The lowest BCUT2D eigenvalue weighted by molar-refractivity contribution is -0.133. The van der Waals surface area contributed by atoms with Gasteiger partial charge in [-0.25, -0.2) is 4.39 Å². The molecule has 24 heavy (non-hydrogen) atoms. The Morgan fingerprint density at radius 1 is 1.38 bits per heavy atom. The average molecular weight is 332 g/mol. The molecule has 1 aliphatic rings. The fourth-order valence-electron chi connectivity index (χ4n) is 3.02. The van der Waals surface area contributed by atoms with E-state index >= 15 is 0 Å². The van der Waals surface area contributed by atoms with Crippen molar-refractivity contribution < 1.29 is 13.9 Å². The van der Waals surface area contributed by atoms with Gasteiger partial charge in [0.15, 0.2) is 0 Å². The summed E-state index contributed by atoms with van der Waals surface area (Å²) in [5.41, 5.74) is 0. The summed E-state index contributed by atoms with van der Waals surface area (Å²) in [5, 5.41) is 8.08. The summed E-state index contributed by atoms with van der Waals surface area (Å²) in [7, 11) is 1.92. The summed E-state index contributed by atoms with van der Waals surface area (Å²) in [6.45, 7) is 1.72. The Labute approximate surface area is 140 Å². The van der Waals surface area contributed by atoms with E-state index in [1.807, 2.05) is 16.5 Å². The van der Waals surface area contributed by atoms with Crippen molar-refractivity contribution in [3.8, 4) is 5.75 Å². The molecule has 1 atom stereocenters. The highest BCUT2D eigenvalue weighted by molar-refractivity contribution is 5.76. The summed E-state index contributed by atoms with van der Waals surface area (Å²) < 4.78 is 20.2. The maximum absolute atomic E-state index is 12.8. The molecule has 1 aromatic heterocycles. The highest BCUT2D eigenvalue weighted by atomic mass is 19.1. The quantitative estimate of drug-likeness (QED) is 0.841. The topological polar surface area (TPSA) is 60.2 Å². The lowest BCUT2D eigenvalue weighted by Gasteiger charge is -2.32. The Bertz CT molecular complexity index is 686. The highest BCUT2D eigenvalue weighted by Crippen LogP contribution is 2.25. The second kappa shape index (κ2) is 7.42. The highest BCUT2D eigenvalue weighted by Gasteiger charge is 2.27. The molecule has 1 saturated heterocycles. The summed E-state index contributed by atoms with van der Waals surface area (Å²) in [6, 6.07) is 5.80. The normalized spacial score (nSPS) is 17.8. The Kier molecular flexibility index (Phi) is 5.08. The first-order valence-corrected chi connectivity index (χ1v) is 8.13. The Balaban J connectivity index is 1.49. The molecule has 0 N–H and O–H groups in total. The van der Waals surface area contributed by atoms with E-state index in [1.54, 1.807) is 18.5 Å². The van der Waals surface area contributed by atoms with Gasteiger partial charge in [0.1, 0.15) is 23.7 Å². The molecule has 3 rings (SSSR count). The minimum Gasteiger partial charge on any atom is -0.493 e. The molecule has 1 unspecified atom stereocenters. The molecule has 128 valence electrons. The minimum absolute atomic E-state index is 0.0731. The second-order valence-electron chi connectivity index (χ2n) is 6.03. The monoisotopic (exact) mass is 332 g/mol. The van der Waals surface area contributed by atoms with Gasteiger partial charge in [-0.15, -0.1) is 10.2 Å². The van der Waals surface area contributed by atoms with Gasteiger partial charge in [0.2, 0.25) is 5.91 Å². The zero-order valence-corrected chi connectivity index (χ0v) is 13.7. The van der Waals surface area contributed by atoms with E-state index in [0.717, 1.165) is 25.2 Å². The summed E-state index contributed by atoms with van der Waals surface area (Å²) in [5.74, 6) is 1.49. The maximum Gasteiger partial charge on any atom is 0.226 e. The molecule has 0 radical (unpaired) electrons. The van der Waals surface area contributed by atoms with Crippen molar-refractivity contribution in [2.24, 2.45) is 7.05 Å². The van der Waals surface area contributed by atoms with Gasteiger partial charge in [0.25, 0.3) is 0 Å². The van der Waals surface area contributed by atoms with Crippen molar-refractivity contribution in [3.63, 3.8) is 0 Å². The molecule has 2 heterocycles. The largest absolute Gasteiger partial charge is 0.493 e. The van der Waals surface area contributed by atoms with E-state index in [9.17, 15) is 9.18 Å². The molecule has 0 aliphatic carbocycles. The van der Waals surface area contributed by atoms with Crippen LogP contribution in [0.1, 0.15) is 31.0 Å². The molecule has 0 saturated carbocycles. The van der Waals surface area contributed by atoms with E-state index in [-0.39, 0.29) is 24.2 Å². The third kappa shape index (κ3) is 3.90. The van der Waals surface area contributed by atoms with Crippen LogP contribution in [0.3, 0.4) is 0 Å². The number of piperidine rings is 1. The molecule has 7 heteroatoms. The van der Waals surface area contributed by atoms with Gasteiger partial charge in [0.05, 0.1) is 13.0 Å². The number of halogens is 1. The fraction of sp³-hybridized carbons (Fsp3) is 0.471. The number of amides is 1. The Morgan fingerprint density at radius 3 is 2.88 bits per heavy atom. The molecule has 2 aromatic rings. The summed E-state index contributed by atoms with van der Waals surface area (Å²) in [6.07, 6.45) is 3.97. The molecular formula is C17H21FN4O2. The van der Waals surface area contributed by atoms with E-state index in [0.29, 0.717) is 18.7 Å². The SMILES string of the molecule is Cn1cnnc1C1CCCN(C(=O)CCOc2ccc(F)cc2)C1. The first kappa shape index (κ1) is 16.4. The first-order valence-electron chi connectivity index (χ1n) is 8.13. The van der Waals surface area contributed by atoms with E-state index in [1.165, 1.54) is 12.1 Å². The number of benzene rings is 1. The number of ether oxygens (including phenoxy) is 1. The number of aromatic nitrogens is 3. The fourth-order valence-corrected chi connectivity index (χ4v) is 3.02. The van der Waals surface area contributed by atoms with Crippen molar-refractivity contribution in [1.29, 1.82) is 0 Å². The van der Waals surface area contributed by atoms with Gasteiger partial charge >= 0.3 is 0 Å². The van der Waals surface area contributed by atoms with Crippen molar-refractivity contribution >= 4 is 5.91 Å². The van der Waals surface area contributed by atoms with Crippen LogP contribution in [-0.2, 0) is 11.8 Å². The lowest BCUT2D eigenvalue weighted by atomic mass is 9.97. The van der Waals surface area contributed by atoms with Gasteiger partial charge in [0, 0.05) is 26.1 Å². The molecule has 0 spiro atoms. The van der Waals surface area contributed by atoms with Crippen LogP contribution in [0.2, 0.25) is 0 Å². The summed E-state index contributed by atoms with van der Waals surface area (Å²) >= 11 is 0. The van der Waals surface area contributed by atoms with Crippen LogP contribution >= 0.6 is 0 Å². The smallest absolute Gasteiger partial charge is 0.226 e. The summed E-state index contributed by atoms with van der Waals surface area (Å²) in [4.78, 5) is 14.3. The number of hydrogen-bond donors (Lipinski definition) is 0. The predicted molar refractivity (Wildman–Crippen MR) is 86.1 cm³/mol. The lowest BCUT2D eigenvalue weighted by Crippen LogP contribution is -2.40. The van der Waals surface area contributed by atoms with Gasteiger partial charge < -0.3 is 14.2 Å². The number of carbonyl (C=O) groups excluding carboxylic acids is 1. The predicted octanol–water partition coefficient (Wildman–Crippen LogP) is 2.13. The molecular weight excluding hydrogens is 311 g/mol. The molecule has 1 amide bonds. The zero-order chi connectivity index (χ0) is 16.9. The number of likely N-dealkylation sites (tertiary alicyclic amines) is 1. The third-order valence-electron chi connectivity index (χ3n) is 4.28. The van der Waals surface area contributed by atoms with Crippen LogP contribution < -0.4 is 4.74 Å². The van der Waals surface area contributed by atoms with Crippen LogP contribution in [0, 0.1) is 5.82 Å². The van der Waals surface area contributed by atoms with Crippen LogP contribution in [0.5, 0.6) is 5.75 Å². The van der Waals surface area contributed by atoms with Crippen molar-refractivity contribution in [2.75, 3.05) is 19.7 Å². The minimum atomic E-state index is -0.304. The zero-order valence-electron chi connectivity index (χ0n) is 13.7. The Hall–Kier alpha value is -2.44. The van der Waals surface area contributed by atoms with Crippen LogP contribution in [0.15, 0.2) is 30.6 Å². The molecule has 6 nitrogen and oxygen atoms in total. The number of aryl methyl sites for hydroxylation is 1. The van der Waals surface area contributed by atoms with Crippen LogP contribution in [0.25, 0.3) is 0 Å². The van der Waals surface area contributed by atoms with Gasteiger partial charge in [-0.05, 0) is 37.1 Å². The molecule has 1 aliphatic heterocycles. The number of rotatable bonds is 5. The number of carbonyl (C=O) groups is 1. The number of hydrogen-bond acceptors (Lipinski definition) is 4. The molecule has 1 fully saturated rings. The van der Waals surface area contributed by atoms with Crippen molar-refractivity contribution in [1.82, 2.24) is 19.7 Å². The van der Waals surface area contributed by atoms with Gasteiger partial charge in [-0.3, -0.25) is 4.79 Å². The van der Waals surface area contributed by atoms with Gasteiger partial charge in [-0.1, -0.05) is 0 Å². The number of nitrogens with zero attached hydrogens (tertiary/aromatic N) is 4. The van der Waals surface area contributed by atoms with E-state index in [4.69, 9.17) is 4.74 Å². The Morgan fingerprint density at radius 2 is 2.17 bits per heavy atom. The van der Waals surface area contributed by atoms with E-state index < -0.39 is 0 Å². The molecule has 0 bridgehead atoms. The standard InChI is InChI=1S/C17H21FN4O2/c1-21-12-19-20-17(21)13-3-2-9-22(11-13)16(23)8-10-24-15-6-4-14(18)5-7-15/h4-7,12-13H,2-3,8-11H2,1H3. The van der Waals surface area contributed by atoms with Crippen LogP contribution in [0.4, 0.5) is 4.39 Å². The second-order valence-corrected chi connectivity index (χ2v) is 6.03. The third-order valence-corrected chi connectivity index (χ3v) is 4.28.